The van der Waals surface area contributed by atoms with Crippen LogP contribution in [0.25, 0.3) is 10.8 Å². The molecule has 0 aliphatic carbocycles. The number of carbonyl (C=O) groups is 4. The molecule has 3 saturated heterocycles. The fourth-order valence-corrected chi connectivity index (χ4v) is 6.15. The van der Waals surface area contributed by atoms with Gasteiger partial charge in [0.2, 0.25) is 18.1 Å². The number of carbonyl (C=O) groups excluding carboxylic acids is 4. The Morgan fingerprint density at radius 1 is 1.00 bits per heavy atom. The molecule has 5 rings (SSSR count). The van der Waals surface area contributed by atoms with E-state index in [4.69, 9.17) is 9.47 Å². The van der Waals surface area contributed by atoms with Crippen LogP contribution in [-0.2, 0) is 23.9 Å². The van der Waals surface area contributed by atoms with Crippen LogP contribution < -0.4 is 10.6 Å². The number of nitrogens with one attached hydrogen (secondary N) is 2. The van der Waals surface area contributed by atoms with Gasteiger partial charge in [0.25, 0.3) is 5.91 Å². The first-order valence-corrected chi connectivity index (χ1v) is 14.3. The number of cyclic esters (lactones) is 1. The average molecular weight is 551 g/mol. The molecule has 3 aliphatic rings. The molecule has 2 unspecified atom stereocenters. The van der Waals surface area contributed by atoms with Crippen LogP contribution >= 0.6 is 0 Å². The largest absolute Gasteiger partial charge is 0.433 e. The first-order valence-electron chi connectivity index (χ1n) is 14.3. The lowest BCUT2D eigenvalue weighted by Gasteiger charge is -2.48. The van der Waals surface area contributed by atoms with E-state index in [2.05, 4.69) is 15.5 Å². The number of likely N-dealkylation sites (N-methyl/N-ethyl adjacent to an activating group) is 1. The van der Waals surface area contributed by atoms with Crippen LogP contribution in [0.5, 0.6) is 0 Å². The SMILES string of the molecule is CCOC1OC(=O)CC1NC(=O)[C@@H]1CN(CC)C[C@@H]2CCCC[C@H](NC(=O)c3cccc4ccccc34)C(=O)N21. The van der Waals surface area contributed by atoms with E-state index in [-0.39, 0.29) is 30.2 Å². The monoisotopic (exact) mass is 550 g/mol. The Morgan fingerprint density at radius 3 is 2.58 bits per heavy atom. The van der Waals surface area contributed by atoms with Gasteiger partial charge in [-0.25, -0.2) is 0 Å². The second kappa shape index (κ2) is 12.3. The van der Waals surface area contributed by atoms with Gasteiger partial charge < -0.3 is 25.0 Å². The molecule has 3 fully saturated rings. The highest BCUT2D eigenvalue weighted by Gasteiger charge is 2.45. The van der Waals surface area contributed by atoms with Gasteiger partial charge in [-0.1, -0.05) is 56.2 Å². The Bertz CT molecular complexity index is 1260. The van der Waals surface area contributed by atoms with Crippen molar-refractivity contribution in [3.8, 4) is 0 Å². The minimum absolute atomic E-state index is 0.0156. The normalized spacial score (nSPS) is 27.4. The molecule has 0 spiro atoms. The maximum atomic E-state index is 14.1. The summed E-state index contributed by atoms with van der Waals surface area (Å²) in [4.78, 5) is 57.2. The molecule has 10 heteroatoms. The molecule has 10 nitrogen and oxygen atoms in total. The smallest absolute Gasteiger partial charge is 0.310 e. The van der Waals surface area contributed by atoms with E-state index in [0.29, 0.717) is 31.7 Å². The third-order valence-electron chi connectivity index (χ3n) is 8.17. The lowest BCUT2D eigenvalue weighted by Crippen LogP contribution is -2.68. The number of nitrogens with zero attached hydrogens (tertiary/aromatic N) is 2. The lowest BCUT2D eigenvalue weighted by molar-refractivity contribution is -0.165. The first kappa shape index (κ1) is 28.0. The molecule has 5 atom stereocenters. The van der Waals surface area contributed by atoms with Crippen LogP contribution in [0.15, 0.2) is 42.5 Å². The molecule has 3 aliphatic heterocycles. The average Bonchev–Trinajstić information content (AvgIpc) is 3.30. The van der Waals surface area contributed by atoms with Crippen molar-refractivity contribution in [1.82, 2.24) is 20.4 Å². The molecule has 2 aromatic carbocycles. The quantitative estimate of drug-likeness (QED) is 0.508. The molecule has 3 heterocycles. The number of piperazine rings is 1. The van der Waals surface area contributed by atoms with Gasteiger partial charge in [0.1, 0.15) is 18.1 Å². The number of ether oxygens (including phenoxy) is 2. The first-order chi connectivity index (χ1) is 19.4. The van der Waals surface area contributed by atoms with Crippen LogP contribution in [0.4, 0.5) is 0 Å². The molecule has 0 saturated carbocycles. The summed E-state index contributed by atoms with van der Waals surface area (Å²) >= 11 is 0. The third kappa shape index (κ3) is 5.83. The predicted molar refractivity (Wildman–Crippen MR) is 148 cm³/mol. The van der Waals surface area contributed by atoms with E-state index >= 15 is 0 Å². The van der Waals surface area contributed by atoms with E-state index in [9.17, 15) is 19.2 Å². The van der Waals surface area contributed by atoms with Gasteiger partial charge in [-0.3, -0.25) is 24.1 Å². The summed E-state index contributed by atoms with van der Waals surface area (Å²) in [5.74, 6) is -1.32. The minimum Gasteiger partial charge on any atom is -0.433 e. The predicted octanol–water partition coefficient (Wildman–Crippen LogP) is 2.21. The number of esters is 1. The van der Waals surface area contributed by atoms with E-state index in [0.717, 1.165) is 36.6 Å². The molecule has 0 bridgehead atoms. The van der Waals surface area contributed by atoms with Crippen molar-refractivity contribution in [3.63, 3.8) is 0 Å². The van der Waals surface area contributed by atoms with Crippen LogP contribution in [0.3, 0.4) is 0 Å². The van der Waals surface area contributed by atoms with Gasteiger partial charge in [0, 0.05) is 31.3 Å². The summed E-state index contributed by atoms with van der Waals surface area (Å²) in [5, 5.41) is 7.71. The highest BCUT2D eigenvalue weighted by atomic mass is 16.7. The zero-order chi connectivity index (χ0) is 28.2. The van der Waals surface area contributed by atoms with Crippen LogP contribution in [0.2, 0.25) is 0 Å². The second-order valence-corrected chi connectivity index (χ2v) is 10.7. The summed E-state index contributed by atoms with van der Waals surface area (Å²) < 4.78 is 10.7. The molecule has 3 amide bonds. The summed E-state index contributed by atoms with van der Waals surface area (Å²) in [5.41, 5.74) is 0.516. The molecule has 0 radical (unpaired) electrons. The summed E-state index contributed by atoms with van der Waals surface area (Å²) in [6, 6.07) is 10.9. The van der Waals surface area contributed by atoms with Crippen molar-refractivity contribution in [1.29, 1.82) is 0 Å². The van der Waals surface area contributed by atoms with Gasteiger partial charge in [-0.15, -0.1) is 0 Å². The molecular weight excluding hydrogens is 512 g/mol. The topological polar surface area (TPSA) is 117 Å². The number of rotatable bonds is 7. The standard InChI is InChI=1S/C30H38N4O6/c1-3-33-17-20-12-6-8-15-23(31-27(36)22-14-9-11-19-10-5-7-13-21(19)22)29(38)34(20)25(18-33)28(37)32-24-16-26(35)40-30(24)39-4-2/h5,7,9-11,13-14,20,23-25,30H,3-4,6,8,12,15-18H2,1-2H3,(H,31,36)(H,32,37)/t20-,23-,24?,25-,30?/m0/s1. The molecular formula is C30H38N4O6. The van der Waals surface area contributed by atoms with Crippen molar-refractivity contribution in [2.75, 3.05) is 26.2 Å². The highest BCUT2D eigenvalue weighted by molar-refractivity contribution is 6.08. The molecule has 2 N–H and O–H groups in total. The summed E-state index contributed by atoms with van der Waals surface area (Å²) in [6.45, 7) is 5.95. The van der Waals surface area contributed by atoms with Crippen LogP contribution in [0.1, 0.15) is 56.3 Å². The van der Waals surface area contributed by atoms with Gasteiger partial charge in [-0.05, 0) is 43.1 Å². The zero-order valence-electron chi connectivity index (χ0n) is 23.1. The van der Waals surface area contributed by atoms with Gasteiger partial charge in [-0.2, -0.15) is 0 Å². The summed E-state index contributed by atoms with van der Waals surface area (Å²) in [6.07, 6.45) is 2.14. The van der Waals surface area contributed by atoms with E-state index in [1.165, 1.54) is 0 Å². The van der Waals surface area contributed by atoms with Crippen molar-refractivity contribution >= 4 is 34.5 Å². The maximum absolute atomic E-state index is 14.1. The number of fused-ring (bicyclic) bond motifs is 2. The Labute approximate surface area is 234 Å². The molecule has 214 valence electrons. The maximum Gasteiger partial charge on any atom is 0.310 e. The molecule has 0 aromatic heterocycles. The Balaban J connectivity index is 1.38. The van der Waals surface area contributed by atoms with Crippen molar-refractivity contribution in [3.05, 3.63) is 48.0 Å². The number of hydrogen-bond donors (Lipinski definition) is 2. The van der Waals surface area contributed by atoms with E-state index in [1.807, 2.05) is 43.3 Å². The van der Waals surface area contributed by atoms with Crippen LogP contribution in [0, 0.1) is 0 Å². The van der Waals surface area contributed by atoms with Gasteiger partial charge in [0.15, 0.2) is 0 Å². The fraction of sp³-hybridized carbons (Fsp3) is 0.533. The fourth-order valence-electron chi connectivity index (χ4n) is 6.15. The molecule has 2 aromatic rings. The molecule has 40 heavy (non-hydrogen) atoms. The second-order valence-electron chi connectivity index (χ2n) is 10.7. The lowest BCUT2D eigenvalue weighted by atomic mass is 9.93. The summed E-state index contributed by atoms with van der Waals surface area (Å²) in [7, 11) is 0. The van der Waals surface area contributed by atoms with Crippen molar-refractivity contribution in [2.45, 2.75) is 76.4 Å². The number of amides is 3. The van der Waals surface area contributed by atoms with E-state index in [1.54, 1.807) is 17.9 Å². The Kier molecular flexibility index (Phi) is 8.66. The number of hydrogen-bond acceptors (Lipinski definition) is 7. The minimum atomic E-state index is -0.848. The van der Waals surface area contributed by atoms with E-state index < -0.39 is 30.4 Å². The Morgan fingerprint density at radius 2 is 1.77 bits per heavy atom. The van der Waals surface area contributed by atoms with Crippen molar-refractivity contribution < 1.29 is 28.7 Å². The third-order valence-corrected chi connectivity index (χ3v) is 8.17. The van der Waals surface area contributed by atoms with Gasteiger partial charge >= 0.3 is 5.97 Å². The van der Waals surface area contributed by atoms with Crippen molar-refractivity contribution in [2.24, 2.45) is 0 Å². The highest BCUT2D eigenvalue weighted by Crippen LogP contribution is 2.27. The Hall–Kier alpha value is -3.50. The van der Waals surface area contributed by atoms with Gasteiger partial charge in [0.05, 0.1) is 6.42 Å². The number of benzene rings is 2. The van der Waals surface area contributed by atoms with Crippen LogP contribution in [-0.4, -0.2) is 90.2 Å². The zero-order valence-corrected chi connectivity index (χ0v) is 23.1.